The molecule has 0 aromatic heterocycles. The first-order valence-electron chi connectivity index (χ1n) is 5.52. The summed E-state index contributed by atoms with van der Waals surface area (Å²) in [7, 11) is -3.77. The molecular weight excluding hydrogens is 272 g/mol. The fraction of sp³-hybridized carbons (Fsp3) is 0.455. The van der Waals surface area contributed by atoms with Crippen molar-refractivity contribution in [2.24, 2.45) is 0 Å². The van der Waals surface area contributed by atoms with Crippen molar-refractivity contribution in [3.05, 3.63) is 39.9 Å². The molecule has 0 aliphatic rings. The van der Waals surface area contributed by atoms with Gasteiger partial charge in [0.1, 0.15) is 0 Å². The van der Waals surface area contributed by atoms with Crippen LogP contribution in [0.1, 0.15) is 19.4 Å². The van der Waals surface area contributed by atoms with E-state index in [1.165, 1.54) is 38.1 Å². The molecule has 0 aliphatic heterocycles. The fourth-order valence-electron chi connectivity index (χ4n) is 1.51. The monoisotopic (exact) mass is 288 g/mol. The quantitative estimate of drug-likeness (QED) is 0.594. The number of benzene rings is 1. The number of rotatable bonds is 6. The molecule has 2 N–H and O–H groups in total. The number of aliphatic hydroxyl groups is 1. The average Bonchev–Trinajstić information content (AvgIpc) is 2.27. The molecule has 0 aliphatic carbocycles. The molecule has 0 amide bonds. The van der Waals surface area contributed by atoms with Crippen LogP contribution in [0, 0.1) is 10.1 Å². The number of nitrogens with zero attached hydrogens (tertiary/aromatic N) is 1. The summed E-state index contributed by atoms with van der Waals surface area (Å²) in [5.74, 6) is -0.506. The lowest BCUT2D eigenvalue weighted by molar-refractivity contribution is -0.385. The van der Waals surface area contributed by atoms with Crippen molar-refractivity contribution in [2.75, 3.05) is 6.61 Å². The Hall–Kier alpha value is -1.51. The number of para-hydroxylation sites is 1. The maximum absolute atomic E-state index is 11.9. The molecule has 0 saturated heterocycles. The van der Waals surface area contributed by atoms with Crippen LogP contribution in [0.25, 0.3) is 0 Å². The first-order chi connectivity index (χ1) is 8.67. The molecule has 1 aromatic carbocycles. The van der Waals surface area contributed by atoms with Crippen LogP contribution in [-0.2, 0) is 15.8 Å². The summed E-state index contributed by atoms with van der Waals surface area (Å²) < 4.78 is 26.1. The maximum Gasteiger partial charge on any atom is 0.273 e. The topological polar surface area (TPSA) is 110 Å². The molecule has 0 bridgehead atoms. The lowest BCUT2D eigenvalue weighted by Crippen LogP contribution is -2.46. The van der Waals surface area contributed by atoms with Gasteiger partial charge in [-0.3, -0.25) is 10.1 Å². The van der Waals surface area contributed by atoms with E-state index in [9.17, 15) is 18.5 Å². The number of nitrogens with one attached hydrogen (secondary N) is 1. The van der Waals surface area contributed by atoms with Crippen molar-refractivity contribution in [3.63, 3.8) is 0 Å². The van der Waals surface area contributed by atoms with Crippen LogP contribution < -0.4 is 4.72 Å². The normalized spacial score (nSPS) is 12.4. The van der Waals surface area contributed by atoms with Crippen molar-refractivity contribution >= 4 is 15.7 Å². The third-order valence-electron chi connectivity index (χ3n) is 2.36. The first kappa shape index (κ1) is 15.5. The summed E-state index contributed by atoms with van der Waals surface area (Å²) in [6.07, 6.45) is 0. The number of hydrogen-bond donors (Lipinski definition) is 2. The smallest absolute Gasteiger partial charge is 0.273 e. The van der Waals surface area contributed by atoms with Crippen molar-refractivity contribution in [2.45, 2.75) is 25.1 Å². The van der Waals surface area contributed by atoms with Crippen molar-refractivity contribution in [3.8, 4) is 0 Å². The highest BCUT2D eigenvalue weighted by molar-refractivity contribution is 7.88. The minimum Gasteiger partial charge on any atom is -0.394 e. The summed E-state index contributed by atoms with van der Waals surface area (Å²) in [5.41, 5.74) is -1.15. The van der Waals surface area contributed by atoms with Gasteiger partial charge in [0.2, 0.25) is 10.0 Å². The van der Waals surface area contributed by atoms with E-state index in [0.29, 0.717) is 0 Å². The molecule has 106 valence electrons. The Morgan fingerprint density at radius 2 is 1.95 bits per heavy atom. The van der Waals surface area contributed by atoms with Gasteiger partial charge in [-0.05, 0) is 13.8 Å². The second-order valence-electron chi connectivity index (χ2n) is 4.79. The van der Waals surface area contributed by atoms with Gasteiger partial charge in [0.05, 0.1) is 22.8 Å². The van der Waals surface area contributed by atoms with Crippen LogP contribution >= 0.6 is 0 Å². The molecule has 0 spiro atoms. The molecule has 0 atom stereocenters. The van der Waals surface area contributed by atoms with Crippen LogP contribution in [0.5, 0.6) is 0 Å². The van der Waals surface area contributed by atoms with E-state index in [0.717, 1.165) is 0 Å². The van der Waals surface area contributed by atoms with Crippen LogP contribution in [-0.4, -0.2) is 30.6 Å². The van der Waals surface area contributed by atoms with E-state index < -0.39 is 26.2 Å². The molecule has 19 heavy (non-hydrogen) atoms. The average molecular weight is 288 g/mol. The number of nitro benzene ring substituents is 1. The number of sulfonamides is 1. The Labute approximate surface area is 111 Å². The van der Waals surface area contributed by atoms with Gasteiger partial charge in [0.15, 0.2) is 0 Å². The van der Waals surface area contributed by atoms with Crippen molar-refractivity contribution in [1.82, 2.24) is 4.72 Å². The summed E-state index contributed by atoms with van der Waals surface area (Å²) in [5, 5.41) is 19.8. The number of nitro groups is 1. The largest absolute Gasteiger partial charge is 0.394 e. The predicted molar refractivity (Wildman–Crippen MR) is 70.0 cm³/mol. The Kier molecular flexibility index (Phi) is 4.61. The van der Waals surface area contributed by atoms with Gasteiger partial charge < -0.3 is 5.11 Å². The molecule has 7 nitrogen and oxygen atoms in total. The molecule has 0 saturated carbocycles. The first-order valence-corrected chi connectivity index (χ1v) is 7.17. The van der Waals surface area contributed by atoms with E-state index in [1.54, 1.807) is 0 Å². The van der Waals surface area contributed by atoms with E-state index in [-0.39, 0.29) is 17.9 Å². The Bertz CT molecular complexity index is 568. The Morgan fingerprint density at radius 3 is 2.47 bits per heavy atom. The van der Waals surface area contributed by atoms with E-state index >= 15 is 0 Å². The van der Waals surface area contributed by atoms with E-state index in [1.807, 2.05) is 0 Å². The second-order valence-corrected chi connectivity index (χ2v) is 6.51. The fourth-order valence-corrected chi connectivity index (χ4v) is 3.14. The number of hydrogen-bond acceptors (Lipinski definition) is 5. The maximum atomic E-state index is 11.9. The van der Waals surface area contributed by atoms with Crippen LogP contribution in [0.15, 0.2) is 24.3 Å². The van der Waals surface area contributed by atoms with E-state index in [4.69, 9.17) is 5.11 Å². The van der Waals surface area contributed by atoms with Gasteiger partial charge >= 0.3 is 0 Å². The van der Waals surface area contributed by atoms with Gasteiger partial charge in [-0.25, -0.2) is 13.1 Å². The summed E-state index contributed by atoms with van der Waals surface area (Å²) in [6, 6.07) is 5.65. The van der Waals surface area contributed by atoms with E-state index in [2.05, 4.69) is 4.72 Å². The molecule has 8 heteroatoms. The molecule has 1 aromatic rings. The standard InChI is InChI=1S/C11H16N2O5S/c1-11(2,8-14)12-19(17,18)7-9-5-3-4-6-10(9)13(15)16/h3-6,12,14H,7-8H2,1-2H3. The highest BCUT2D eigenvalue weighted by Gasteiger charge is 2.26. The van der Waals surface area contributed by atoms with Gasteiger partial charge in [-0.2, -0.15) is 0 Å². The summed E-state index contributed by atoms with van der Waals surface area (Å²) in [4.78, 5) is 10.2. The molecule has 0 heterocycles. The Balaban J connectivity index is 3.00. The summed E-state index contributed by atoms with van der Waals surface area (Å²) in [6.45, 7) is 2.66. The Morgan fingerprint density at radius 1 is 1.37 bits per heavy atom. The number of aliphatic hydroxyl groups excluding tert-OH is 1. The van der Waals surface area contributed by atoms with Gasteiger partial charge in [-0.15, -0.1) is 0 Å². The zero-order chi connectivity index (χ0) is 14.7. The van der Waals surface area contributed by atoms with Crippen molar-refractivity contribution in [1.29, 1.82) is 0 Å². The van der Waals surface area contributed by atoms with Crippen molar-refractivity contribution < 1.29 is 18.4 Å². The third kappa shape index (κ3) is 4.58. The zero-order valence-electron chi connectivity index (χ0n) is 10.7. The highest BCUT2D eigenvalue weighted by Crippen LogP contribution is 2.20. The third-order valence-corrected chi connectivity index (χ3v) is 3.92. The van der Waals surface area contributed by atoms with Crippen LogP contribution in [0.2, 0.25) is 0 Å². The molecule has 0 unspecified atom stereocenters. The SMILES string of the molecule is CC(C)(CO)NS(=O)(=O)Cc1ccccc1[N+](=O)[O-]. The lowest BCUT2D eigenvalue weighted by Gasteiger charge is -2.23. The van der Waals surface area contributed by atoms with Gasteiger partial charge in [0, 0.05) is 11.6 Å². The van der Waals surface area contributed by atoms with Crippen LogP contribution in [0.3, 0.4) is 0 Å². The lowest BCUT2D eigenvalue weighted by atomic mass is 10.1. The molecule has 0 radical (unpaired) electrons. The van der Waals surface area contributed by atoms with Gasteiger partial charge in [-0.1, -0.05) is 18.2 Å². The zero-order valence-corrected chi connectivity index (χ0v) is 11.5. The second kappa shape index (κ2) is 5.64. The molecular formula is C11H16N2O5S. The molecule has 1 rings (SSSR count). The molecule has 0 fully saturated rings. The van der Waals surface area contributed by atoms with Crippen LogP contribution in [0.4, 0.5) is 5.69 Å². The minimum atomic E-state index is -3.77. The highest BCUT2D eigenvalue weighted by atomic mass is 32.2. The summed E-state index contributed by atoms with van der Waals surface area (Å²) >= 11 is 0. The minimum absolute atomic E-state index is 0.105. The van der Waals surface area contributed by atoms with Gasteiger partial charge in [0.25, 0.3) is 5.69 Å². The predicted octanol–water partition coefficient (Wildman–Crippen LogP) is 0.785.